The van der Waals surface area contributed by atoms with Crippen molar-refractivity contribution in [1.29, 1.82) is 0 Å². The Bertz CT molecular complexity index is 426. The summed E-state index contributed by atoms with van der Waals surface area (Å²) in [6.45, 7) is 5.98. The number of ketones is 1. The van der Waals surface area contributed by atoms with Crippen LogP contribution in [0.5, 0.6) is 0 Å². The Kier molecular flexibility index (Phi) is 5.74. The van der Waals surface area contributed by atoms with Crippen LogP contribution in [0, 0.1) is 11.8 Å². The van der Waals surface area contributed by atoms with E-state index in [1.165, 1.54) is 0 Å². The molecule has 0 saturated heterocycles. The van der Waals surface area contributed by atoms with Gasteiger partial charge in [-0.15, -0.1) is 0 Å². The van der Waals surface area contributed by atoms with E-state index in [1.54, 1.807) is 6.92 Å². The molecule has 1 aromatic rings. The zero-order chi connectivity index (χ0) is 14.4. The van der Waals surface area contributed by atoms with Crippen molar-refractivity contribution in [2.45, 2.75) is 39.5 Å². The van der Waals surface area contributed by atoms with Gasteiger partial charge in [0.1, 0.15) is 5.78 Å². The summed E-state index contributed by atoms with van der Waals surface area (Å²) in [5.41, 5.74) is 6.21. The molecule has 0 radical (unpaired) electrons. The zero-order valence-corrected chi connectivity index (χ0v) is 11.9. The van der Waals surface area contributed by atoms with Gasteiger partial charge in [0.2, 0.25) is 5.91 Å². The van der Waals surface area contributed by atoms with Gasteiger partial charge in [-0.1, -0.05) is 51.1 Å². The molecular weight excluding hydrogens is 238 g/mol. The average Bonchev–Trinajstić information content (AvgIpc) is 2.35. The molecule has 3 heteroatoms. The highest BCUT2D eigenvalue weighted by Gasteiger charge is 2.26. The maximum atomic E-state index is 12.5. The molecule has 0 heterocycles. The molecule has 0 aliphatic rings. The minimum Gasteiger partial charge on any atom is -0.370 e. The lowest BCUT2D eigenvalue weighted by Gasteiger charge is -2.21. The topological polar surface area (TPSA) is 60.2 Å². The van der Waals surface area contributed by atoms with Crippen LogP contribution in [-0.2, 0) is 9.59 Å². The molecule has 19 heavy (non-hydrogen) atoms. The van der Waals surface area contributed by atoms with Crippen LogP contribution in [-0.4, -0.2) is 11.7 Å². The number of primary amides is 1. The van der Waals surface area contributed by atoms with Gasteiger partial charge in [0.25, 0.3) is 0 Å². The number of rotatable bonds is 7. The van der Waals surface area contributed by atoms with E-state index in [4.69, 9.17) is 5.73 Å². The summed E-state index contributed by atoms with van der Waals surface area (Å²) >= 11 is 0. The predicted molar refractivity (Wildman–Crippen MR) is 76.6 cm³/mol. The van der Waals surface area contributed by atoms with E-state index in [0.29, 0.717) is 5.92 Å². The normalized spacial score (nSPS) is 14.1. The van der Waals surface area contributed by atoms with Gasteiger partial charge in [-0.3, -0.25) is 9.59 Å². The second kappa shape index (κ2) is 7.07. The third-order valence-corrected chi connectivity index (χ3v) is 3.25. The van der Waals surface area contributed by atoms with E-state index < -0.39 is 5.91 Å². The minimum absolute atomic E-state index is 0.110. The Morgan fingerprint density at radius 3 is 2.16 bits per heavy atom. The third kappa shape index (κ3) is 4.86. The van der Waals surface area contributed by atoms with Crippen LogP contribution < -0.4 is 5.73 Å². The van der Waals surface area contributed by atoms with Crippen molar-refractivity contribution in [2.24, 2.45) is 17.6 Å². The summed E-state index contributed by atoms with van der Waals surface area (Å²) in [6.07, 6.45) is 0.923. The molecule has 0 saturated carbocycles. The van der Waals surface area contributed by atoms with Crippen LogP contribution in [0.2, 0.25) is 0 Å². The first kappa shape index (κ1) is 15.4. The number of carbonyl (C=O) groups is 2. The van der Waals surface area contributed by atoms with Gasteiger partial charge in [0.15, 0.2) is 0 Å². The number of amides is 1. The molecule has 0 bridgehead atoms. The number of Topliss-reactive ketones (excluding diaryl/α,β-unsaturated/α-hetero) is 1. The standard InChI is InChI=1S/C16H23NO2/c1-11(2)9-14(13-7-5-4-6-8-13)16(19)12(3)10-15(17)18/h4-8,11-12,14H,9-10H2,1-3H3,(H2,17,18). The molecule has 2 atom stereocenters. The fourth-order valence-corrected chi connectivity index (χ4v) is 2.32. The van der Waals surface area contributed by atoms with Crippen molar-refractivity contribution in [1.82, 2.24) is 0 Å². The van der Waals surface area contributed by atoms with Crippen molar-refractivity contribution in [3.63, 3.8) is 0 Å². The van der Waals surface area contributed by atoms with Crippen molar-refractivity contribution in [2.75, 3.05) is 0 Å². The molecule has 0 aliphatic heterocycles. The maximum absolute atomic E-state index is 12.5. The zero-order valence-electron chi connectivity index (χ0n) is 11.9. The van der Waals surface area contributed by atoms with Crippen LogP contribution in [0.15, 0.2) is 30.3 Å². The predicted octanol–water partition coefficient (Wildman–Crippen LogP) is 2.90. The van der Waals surface area contributed by atoms with Crippen LogP contribution in [0.3, 0.4) is 0 Å². The van der Waals surface area contributed by atoms with E-state index in [1.807, 2.05) is 30.3 Å². The monoisotopic (exact) mass is 261 g/mol. The van der Waals surface area contributed by atoms with Gasteiger partial charge in [-0.2, -0.15) is 0 Å². The molecule has 2 unspecified atom stereocenters. The number of benzene rings is 1. The largest absolute Gasteiger partial charge is 0.370 e. The summed E-state index contributed by atoms with van der Waals surface area (Å²) in [5, 5.41) is 0. The molecule has 1 aromatic carbocycles. The summed E-state index contributed by atoms with van der Waals surface area (Å²) in [6, 6.07) is 9.76. The average molecular weight is 261 g/mol. The number of nitrogens with two attached hydrogens (primary N) is 1. The van der Waals surface area contributed by atoms with Gasteiger partial charge in [0.05, 0.1) is 0 Å². The van der Waals surface area contributed by atoms with E-state index in [0.717, 1.165) is 12.0 Å². The fraction of sp³-hybridized carbons (Fsp3) is 0.500. The number of carbonyl (C=O) groups excluding carboxylic acids is 2. The van der Waals surface area contributed by atoms with Crippen LogP contribution >= 0.6 is 0 Å². The molecular formula is C16H23NO2. The number of hydrogen-bond donors (Lipinski definition) is 1. The quantitative estimate of drug-likeness (QED) is 0.820. The van der Waals surface area contributed by atoms with Crippen molar-refractivity contribution >= 4 is 11.7 Å². The molecule has 0 fully saturated rings. The summed E-state index contributed by atoms with van der Waals surface area (Å²) in [5.74, 6) is -0.345. The van der Waals surface area contributed by atoms with Crippen molar-refractivity contribution < 1.29 is 9.59 Å². The maximum Gasteiger partial charge on any atom is 0.218 e. The second-order valence-corrected chi connectivity index (χ2v) is 5.57. The van der Waals surface area contributed by atoms with Crippen LogP contribution in [0.4, 0.5) is 0 Å². The Morgan fingerprint density at radius 1 is 1.11 bits per heavy atom. The lowest BCUT2D eigenvalue weighted by Crippen LogP contribution is -2.26. The summed E-state index contributed by atoms with van der Waals surface area (Å²) in [7, 11) is 0. The number of hydrogen-bond acceptors (Lipinski definition) is 2. The molecule has 3 nitrogen and oxygen atoms in total. The Labute approximate surface area is 115 Å². The molecule has 104 valence electrons. The van der Waals surface area contributed by atoms with Crippen LogP contribution in [0.25, 0.3) is 0 Å². The Balaban J connectivity index is 2.91. The second-order valence-electron chi connectivity index (χ2n) is 5.57. The minimum atomic E-state index is -0.419. The first-order valence-corrected chi connectivity index (χ1v) is 6.78. The highest BCUT2D eigenvalue weighted by atomic mass is 16.1. The van der Waals surface area contributed by atoms with Gasteiger partial charge in [-0.05, 0) is 17.9 Å². The van der Waals surface area contributed by atoms with Crippen molar-refractivity contribution in [3.05, 3.63) is 35.9 Å². The smallest absolute Gasteiger partial charge is 0.218 e. The van der Waals surface area contributed by atoms with E-state index in [2.05, 4.69) is 13.8 Å². The molecule has 0 aliphatic carbocycles. The van der Waals surface area contributed by atoms with Crippen LogP contribution in [0.1, 0.15) is 45.1 Å². The van der Waals surface area contributed by atoms with E-state index in [9.17, 15) is 9.59 Å². The summed E-state index contributed by atoms with van der Waals surface area (Å²) in [4.78, 5) is 23.5. The van der Waals surface area contributed by atoms with E-state index in [-0.39, 0.29) is 24.0 Å². The van der Waals surface area contributed by atoms with Gasteiger partial charge >= 0.3 is 0 Å². The molecule has 0 spiro atoms. The molecule has 0 aromatic heterocycles. The molecule has 2 N–H and O–H groups in total. The van der Waals surface area contributed by atoms with E-state index >= 15 is 0 Å². The first-order chi connectivity index (χ1) is 8.91. The lowest BCUT2D eigenvalue weighted by molar-refractivity contribution is -0.128. The van der Waals surface area contributed by atoms with Gasteiger partial charge in [-0.25, -0.2) is 0 Å². The highest BCUT2D eigenvalue weighted by Crippen LogP contribution is 2.28. The van der Waals surface area contributed by atoms with Crippen molar-refractivity contribution in [3.8, 4) is 0 Å². The summed E-state index contributed by atoms with van der Waals surface area (Å²) < 4.78 is 0. The highest BCUT2D eigenvalue weighted by molar-refractivity contribution is 5.91. The Morgan fingerprint density at radius 2 is 1.68 bits per heavy atom. The molecule has 1 amide bonds. The first-order valence-electron chi connectivity index (χ1n) is 6.78. The van der Waals surface area contributed by atoms with Gasteiger partial charge in [0, 0.05) is 18.3 Å². The fourth-order valence-electron chi connectivity index (χ4n) is 2.32. The lowest BCUT2D eigenvalue weighted by atomic mass is 9.81. The Hall–Kier alpha value is -1.64. The SMILES string of the molecule is CC(C)CC(C(=O)C(C)CC(N)=O)c1ccccc1. The third-order valence-electron chi connectivity index (χ3n) is 3.25. The molecule has 1 rings (SSSR count). The van der Waals surface area contributed by atoms with Gasteiger partial charge < -0.3 is 5.73 Å².